The molecule has 0 saturated heterocycles. The van der Waals surface area contributed by atoms with Crippen LogP contribution < -0.4 is 5.56 Å². The Kier molecular flexibility index (Phi) is 6.50. The first kappa shape index (κ1) is 22.4. The highest BCUT2D eigenvalue weighted by Gasteiger charge is 2.31. The van der Waals surface area contributed by atoms with E-state index >= 15 is 0 Å². The van der Waals surface area contributed by atoms with E-state index in [1.165, 1.54) is 11.8 Å². The van der Waals surface area contributed by atoms with Gasteiger partial charge < -0.3 is 4.90 Å². The Balaban J connectivity index is 1.43. The van der Waals surface area contributed by atoms with Crippen molar-refractivity contribution < 1.29 is 4.79 Å². The Bertz CT molecular complexity index is 1310. The molecule has 172 valence electrons. The molecule has 0 bridgehead atoms. The number of amides is 1. The topological polar surface area (TPSA) is 55.2 Å². The predicted octanol–water partition coefficient (Wildman–Crippen LogP) is 5.44. The fourth-order valence-electron chi connectivity index (χ4n) is 4.15. The molecule has 0 radical (unpaired) electrons. The molecular formula is C28H27N3O2S. The van der Waals surface area contributed by atoms with E-state index in [1.807, 2.05) is 96.8 Å². The number of thioether (sulfide) groups is 1. The molecule has 1 aromatic heterocycles. The van der Waals surface area contributed by atoms with Crippen molar-refractivity contribution >= 4 is 28.6 Å². The van der Waals surface area contributed by atoms with Gasteiger partial charge in [0.15, 0.2) is 5.16 Å². The quantitative estimate of drug-likeness (QED) is 0.255. The molecule has 5 rings (SSSR count). The molecule has 0 aliphatic heterocycles. The van der Waals surface area contributed by atoms with Gasteiger partial charge in [-0.25, -0.2) is 4.98 Å². The maximum atomic E-state index is 13.7. The first-order valence-corrected chi connectivity index (χ1v) is 12.5. The van der Waals surface area contributed by atoms with Gasteiger partial charge in [0, 0.05) is 19.1 Å². The van der Waals surface area contributed by atoms with Crippen LogP contribution in [0.15, 0.2) is 94.9 Å². The number of para-hydroxylation sites is 1. The van der Waals surface area contributed by atoms with E-state index in [0.717, 1.165) is 24.0 Å². The number of carbonyl (C=O) groups is 1. The summed E-state index contributed by atoms with van der Waals surface area (Å²) in [4.78, 5) is 33.6. The highest BCUT2D eigenvalue weighted by atomic mass is 32.2. The number of carbonyl (C=O) groups excluding carboxylic acids is 1. The second kappa shape index (κ2) is 9.85. The van der Waals surface area contributed by atoms with Crippen LogP contribution in [-0.4, -0.2) is 25.6 Å². The molecular weight excluding hydrogens is 442 g/mol. The van der Waals surface area contributed by atoms with Crippen LogP contribution in [-0.2, 0) is 17.9 Å². The highest BCUT2D eigenvalue weighted by molar-refractivity contribution is 8.00. The lowest BCUT2D eigenvalue weighted by molar-refractivity contribution is -0.131. The van der Waals surface area contributed by atoms with Crippen LogP contribution in [0.25, 0.3) is 10.9 Å². The standard InChI is InChI=1S/C28H27N3O2S/c1-20(34-28-29-25-15-9-8-14-24(25)27(33)31(28)23-16-17-23)26(32)30(18-21-10-4-2-5-11-21)19-22-12-6-3-7-13-22/h2-15,20,23H,16-19H2,1H3. The summed E-state index contributed by atoms with van der Waals surface area (Å²) in [6.07, 6.45) is 1.95. The van der Waals surface area contributed by atoms with Gasteiger partial charge in [-0.2, -0.15) is 0 Å². The highest BCUT2D eigenvalue weighted by Crippen LogP contribution is 2.38. The molecule has 1 aliphatic carbocycles. The molecule has 1 saturated carbocycles. The number of hydrogen-bond acceptors (Lipinski definition) is 4. The minimum Gasteiger partial charge on any atom is -0.333 e. The molecule has 1 unspecified atom stereocenters. The molecule has 3 aromatic carbocycles. The number of fused-ring (bicyclic) bond motifs is 1. The Morgan fingerprint density at radius 3 is 2.09 bits per heavy atom. The van der Waals surface area contributed by atoms with E-state index in [9.17, 15) is 9.59 Å². The number of rotatable bonds is 8. The van der Waals surface area contributed by atoms with Crippen molar-refractivity contribution in [2.24, 2.45) is 0 Å². The van der Waals surface area contributed by atoms with Crippen LogP contribution in [0.4, 0.5) is 0 Å². The molecule has 5 nitrogen and oxygen atoms in total. The fourth-order valence-corrected chi connectivity index (χ4v) is 5.21. The molecule has 1 atom stereocenters. The summed E-state index contributed by atoms with van der Waals surface area (Å²) in [5.41, 5.74) is 2.84. The zero-order chi connectivity index (χ0) is 23.5. The van der Waals surface area contributed by atoms with Gasteiger partial charge in [0.1, 0.15) is 0 Å². The van der Waals surface area contributed by atoms with Gasteiger partial charge in [-0.3, -0.25) is 14.2 Å². The summed E-state index contributed by atoms with van der Waals surface area (Å²) in [5.74, 6) is 0.0301. The molecule has 0 spiro atoms. The average molecular weight is 470 g/mol. The molecule has 34 heavy (non-hydrogen) atoms. The van der Waals surface area contributed by atoms with E-state index in [4.69, 9.17) is 4.98 Å². The first-order valence-electron chi connectivity index (χ1n) is 11.6. The summed E-state index contributed by atoms with van der Waals surface area (Å²) in [6, 6.07) is 27.7. The largest absolute Gasteiger partial charge is 0.333 e. The Hall–Kier alpha value is -3.38. The van der Waals surface area contributed by atoms with E-state index < -0.39 is 0 Å². The molecule has 6 heteroatoms. The van der Waals surface area contributed by atoms with Crippen LogP contribution in [0, 0.1) is 0 Å². The van der Waals surface area contributed by atoms with Crippen molar-refractivity contribution in [2.75, 3.05) is 0 Å². The van der Waals surface area contributed by atoms with E-state index in [-0.39, 0.29) is 22.8 Å². The van der Waals surface area contributed by atoms with Crippen molar-refractivity contribution in [1.29, 1.82) is 0 Å². The zero-order valence-electron chi connectivity index (χ0n) is 19.1. The molecule has 1 fully saturated rings. The maximum absolute atomic E-state index is 13.7. The third kappa shape index (κ3) is 4.92. The van der Waals surface area contributed by atoms with Gasteiger partial charge in [-0.1, -0.05) is 84.6 Å². The minimum atomic E-state index is -0.384. The SMILES string of the molecule is CC(Sc1nc2ccccc2c(=O)n1C1CC1)C(=O)N(Cc1ccccc1)Cc1ccccc1. The van der Waals surface area contributed by atoms with Crippen molar-refractivity contribution in [2.45, 2.75) is 49.3 Å². The first-order chi connectivity index (χ1) is 16.6. The second-order valence-corrected chi connectivity index (χ2v) is 10.1. The number of benzene rings is 3. The second-order valence-electron chi connectivity index (χ2n) is 8.74. The van der Waals surface area contributed by atoms with Crippen molar-refractivity contribution in [3.05, 3.63) is 106 Å². The number of hydrogen-bond donors (Lipinski definition) is 0. The molecule has 1 aliphatic rings. The zero-order valence-corrected chi connectivity index (χ0v) is 19.9. The van der Waals surface area contributed by atoms with Crippen molar-refractivity contribution in [1.82, 2.24) is 14.5 Å². The monoisotopic (exact) mass is 469 g/mol. The smallest absolute Gasteiger partial charge is 0.262 e. The van der Waals surface area contributed by atoms with Crippen LogP contribution in [0.1, 0.15) is 36.9 Å². The lowest BCUT2D eigenvalue weighted by Gasteiger charge is -2.26. The molecule has 1 amide bonds. The van der Waals surface area contributed by atoms with Crippen LogP contribution in [0.3, 0.4) is 0 Å². The Labute approximate surface area is 203 Å². The third-order valence-electron chi connectivity index (χ3n) is 6.06. The van der Waals surface area contributed by atoms with E-state index in [2.05, 4.69) is 0 Å². The third-order valence-corrected chi connectivity index (χ3v) is 7.12. The van der Waals surface area contributed by atoms with Crippen molar-refractivity contribution in [3.63, 3.8) is 0 Å². The van der Waals surface area contributed by atoms with Gasteiger partial charge in [-0.15, -0.1) is 0 Å². The summed E-state index contributed by atoms with van der Waals surface area (Å²) in [6.45, 7) is 2.97. The van der Waals surface area contributed by atoms with Gasteiger partial charge in [0.25, 0.3) is 5.56 Å². The van der Waals surface area contributed by atoms with Gasteiger partial charge in [-0.05, 0) is 43.0 Å². The van der Waals surface area contributed by atoms with Gasteiger partial charge in [0.2, 0.25) is 5.91 Å². The van der Waals surface area contributed by atoms with Gasteiger partial charge >= 0.3 is 0 Å². The fraction of sp³-hybridized carbons (Fsp3) is 0.250. The van der Waals surface area contributed by atoms with E-state index in [1.54, 1.807) is 4.57 Å². The van der Waals surface area contributed by atoms with Crippen molar-refractivity contribution in [3.8, 4) is 0 Å². The predicted molar refractivity (Wildman–Crippen MR) is 137 cm³/mol. The normalized spacial score (nSPS) is 14.1. The number of aromatic nitrogens is 2. The Morgan fingerprint density at radius 2 is 1.50 bits per heavy atom. The van der Waals surface area contributed by atoms with Crippen LogP contribution >= 0.6 is 11.8 Å². The van der Waals surface area contributed by atoms with E-state index in [0.29, 0.717) is 29.1 Å². The lowest BCUT2D eigenvalue weighted by Crippen LogP contribution is -2.36. The maximum Gasteiger partial charge on any atom is 0.262 e. The van der Waals surface area contributed by atoms with Gasteiger partial charge in [0.05, 0.1) is 16.2 Å². The summed E-state index contributed by atoms with van der Waals surface area (Å²) >= 11 is 1.39. The molecule has 0 N–H and O–H groups in total. The average Bonchev–Trinajstić information content (AvgIpc) is 3.70. The summed E-state index contributed by atoms with van der Waals surface area (Å²) in [7, 11) is 0. The number of nitrogens with zero attached hydrogens (tertiary/aromatic N) is 3. The minimum absolute atomic E-state index is 0.0133. The van der Waals surface area contributed by atoms with Crippen LogP contribution in [0.2, 0.25) is 0 Å². The lowest BCUT2D eigenvalue weighted by atomic mass is 10.1. The molecule has 4 aromatic rings. The molecule has 1 heterocycles. The summed E-state index contributed by atoms with van der Waals surface area (Å²) in [5, 5.41) is 0.879. The summed E-state index contributed by atoms with van der Waals surface area (Å²) < 4.78 is 1.80. The Morgan fingerprint density at radius 1 is 0.941 bits per heavy atom. The van der Waals surface area contributed by atoms with Crippen LogP contribution in [0.5, 0.6) is 0 Å².